The van der Waals surface area contributed by atoms with Crippen LogP contribution in [-0.4, -0.2) is 42.8 Å². The average molecular weight is 254 g/mol. The van der Waals surface area contributed by atoms with Crippen LogP contribution in [0.1, 0.15) is 46.5 Å². The molecule has 0 bridgehead atoms. The Balaban J connectivity index is 2.01. The maximum absolute atomic E-state index is 6.11. The highest BCUT2D eigenvalue weighted by atomic mass is 16.5. The van der Waals surface area contributed by atoms with Crippen molar-refractivity contribution in [2.45, 2.75) is 64.6 Å². The van der Waals surface area contributed by atoms with Gasteiger partial charge in [-0.2, -0.15) is 0 Å². The second-order valence-corrected chi connectivity index (χ2v) is 6.52. The predicted molar refractivity (Wildman–Crippen MR) is 75.5 cm³/mol. The van der Waals surface area contributed by atoms with Crippen molar-refractivity contribution in [3.8, 4) is 0 Å². The lowest BCUT2D eigenvalue weighted by Crippen LogP contribution is -2.57. The molecule has 106 valence electrons. The number of rotatable bonds is 3. The predicted octanol–water partition coefficient (Wildman–Crippen LogP) is 2.25. The van der Waals surface area contributed by atoms with E-state index in [2.05, 4.69) is 25.7 Å². The Labute approximate surface area is 112 Å². The summed E-state index contributed by atoms with van der Waals surface area (Å²) in [5, 5.41) is 0. The minimum Gasteiger partial charge on any atom is -0.376 e. The van der Waals surface area contributed by atoms with E-state index in [0.29, 0.717) is 18.2 Å². The molecule has 2 fully saturated rings. The van der Waals surface area contributed by atoms with E-state index in [1.54, 1.807) is 0 Å². The molecule has 1 heterocycles. The van der Waals surface area contributed by atoms with E-state index in [1.165, 1.54) is 25.7 Å². The van der Waals surface area contributed by atoms with Crippen LogP contribution in [0.3, 0.4) is 0 Å². The summed E-state index contributed by atoms with van der Waals surface area (Å²) < 4.78 is 5.74. The van der Waals surface area contributed by atoms with Crippen molar-refractivity contribution in [2.24, 2.45) is 17.6 Å². The van der Waals surface area contributed by atoms with Crippen LogP contribution in [0.25, 0.3) is 0 Å². The molecule has 18 heavy (non-hydrogen) atoms. The third kappa shape index (κ3) is 3.25. The Morgan fingerprint density at radius 2 is 2.06 bits per heavy atom. The first-order valence-corrected chi connectivity index (χ1v) is 7.69. The molecule has 0 radical (unpaired) electrons. The topological polar surface area (TPSA) is 38.5 Å². The van der Waals surface area contributed by atoms with Crippen LogP contribution in [0.4, 0.5) is 0 Å². The summed E-state index contributed by atoms with van der Waals surface area (Å²) in [5.74, 6) is 1.68. The van der Waals surface area contributed by atoms with Crippen LogP contribution in [0.5, 0.6) is 0 Å². The minimum atomic E-state index is 0.358. The van der Waals surface area contributed by atoms with Crippen molar-refractivity contribution < 1.29 is 4.74 Å². The fraction of sp³-hybridized carbons (Fsp3) is 1.00. The SMILES string of the molecule is CC1CCCC(C(CN)N2CC(C)OCC2C)C1. The fourth-order valence-electron chi connectivity index (χ4n) is 3.82. The van der Waals surface area contributed by atoms with Gasteiger partial charge in [-0.15, -0.1) is 0 Å². The first-order valence-electron chi connectivity index (χ1n) is 7.69. The molecule has 5 atom stereocenters. The highest BCUT2D eigenvalue weighted by Crippen LogP contribution is 2.33. The van der Waals surface area contributed by atoms with E-state index in [0.717, 1.165) is 31.5 Å². The molecule has 0 aromatic carbocycles. The quantitative estimate of drug-likeness (QED) is 0.839. The lowest BCUT2D eigenvalue weighted by Gasteiger charge is -2.46. The van der Waals surface area contributed by atoms with Gasteiger partial charge in [-0.3, -0.25) is 4.90 Å². The molecule has 0 aromatic rings. The smallest absolute Gasteiger partial charge is 0.0674 e. The molecule has 1 saturated heterocycles. The van der Waals surface area contributed by atoms with Crippen LogP contribution in [0.2, 0.25) is 0 Å². The maximum Gasteiger partial charge on any atom is 0.0674 e. The Hall–Kier alpha value is -0.120. The normalized spacial score (nSPS) is 40.7. The monoisotopic (exact) mass is 254 g/mol. The lowest BCUT2D eigenvalue weighted by molar-refractivity contribution is -0.0771. The van der Waals surface area contributed by atoms with Crippen LogP contribution < -0.4 is 5.73 Å². The zero-order valence-electron chi connectivity index (χ0n) is 12.3. The molecule has 5 unspecified atom stereocenters. The summed E-state index contributed by atoms with van der Waals surface area (Å²) in [6.45, 7) is 9.56. The molecule has 0 spiro atoms. The number of nitrogens with zero attached hydrogens (tertiary/aromatic N) is 1. The van der Waals surface area contributed by atoms with Crippen molar-refractivity contribution in [1.29, 1.82) is 0 Å². The number of morpholine rings is 1. The zero-order valence-corrected chi connectivity index (χ0v) is 12.3. The van der Waals surface area contributed by atoms with Gasteiger partial charge in [0.15, 0.2) is 0 Å². The van der Waals surface area contributed by atoms with Gasteiger partial charge in [0.2, 0.25) is 0 Å². The molecule has 0 aromatic heterocycles. The highest BCUT2D eigenvalue weighted by molar-refractivity contribution is 4.89. The van der Waals surface area contributed by atoms with Crippen LogP contribution in [0.15, 0.2) is 0 Å². The first kappa shape index (κ1) is 14.3. The van der Waals surface area contributed by atoms with E-state index in [9.17, 15) is 0 Å². The van der Waals surface area contributed by atoms with Gasteiger partial charge < -0.3 is 10.5 Å². The van der Waals surface area contributed by atoms with Gasteiger partial charge in [0, 0.05) is 25.2 Å². The van der Waals surface area contributed by atoms with Crippen LogP contribution in [-0.2, 0) is 4.74 Å². The van der Waals surface area contributed by atoms with E-state index in [1.807, 2.05) is 0 Å². The Morgan fingerprint density at radius 3 is 2.72 bits per heavy atom. The molecule has 0 amide bonds. The van der Waals surface area contributed by atoms with Crippen molar-refractivity contribution in [3.63, 3.8) is 0 Å². The van der Waals surface area contributed by atoms with Crippen LogP contribution in [0, 0.1) is 11.8 Å². The van der Waals surface area contributed by atoms with Gasteiger partial charge in [0.1, 0.15) is 0 Å². The van der Waals surface area contributed by atoms with E-state index < -0.39 is 0 Å². The zero-order chi connectivity index (χ0) is 13.1. The van der Waals surface area contributed by atoms with Crippen molar-refractivity contribution in [1.82, 2.24) is 4.90 Å². The summed E-state index contributed by atoms with van der Waals surface area (Å²) >= 11 is 0. The number of nitrogens with two attached hydrogens (primary N) is 1. The molecule has 3 nitrogen and oxygen atoms in total. The summed E-state index contributed by atoms with van der Waals surface area (Å²) in [6, 6.07) is 1.08. The summed E-state index contributed by atoms with van der Waals surface area (Å²) in [5.41, 5.74) is 6.11. The molecule has 2 N–H and O–H groups in total. The van der Waals surface area contributed by atoms with Gasteiger partial charge in [-0.05, 0) is 38.5 Å². The largest absolute Gasteiger partial charge is 0.376 e. The maximum atomic E-state index is 6.11. The number of hydrogen-bond donors (Lipinski definition) is 1. The summed E-state index contributed by atoms with van der Waals surface area (Å²) in [7, 11) is 0. The molecule has 1 saturated carbocycles. The fourth-order valence-corrected chi connectivity index (χ4v) is 3.82. The van der Waals surface area contributed by atoms with Crippen LogP contribution >= 0.6 is 0 Å². The third-order valence-electron chi connectivity index (χ3n) is 4.84. The molecule has 3 heteroatoms. The van der Waals surface area contributed by atoms with Crippen molar-refractivity contribution in [2.75, 3.05) is 19.7 Å². The Morgan fingerprint density at radius 1 is 1.28 bits per heavy atom. The lowest BCUT2D eigenvalue weighted by atomic mass is 9.77. The molecule has 2 rings (SSSR count). The Kier molecular flexibility index (Phi) is 5.05. The third-order valence-corrected chi connectivity index (χ3v) is 4.84. The van der Waals surface area contributed by atoms with E-state index >= 15 is 0 Å². The molecule has 2 aliphatic rings. The molecular formula is C15H30N2O. The van der Waals surface area contributed by atoms with E-state index in [-0.39, 0.29) is 0 Å². The highest BCUT2D eigenvalue weighted by Gasteiger charge is 2.35. The second kappa shape index (κ2) is 6.36. The van der Waals surface area contributed by atoms with Crippen molar-refractivity contribution >= 4 is 0 Å². The molecule has 1 aliphatic heterocycles. The van der Waals surface area contributed by atoms with E-state index in [4.69, 9.17) is 10.5 Å². The minimum absolute atomic E-state index is 0.358. The van der Waals surface area contributed by atoms with Gasteiger partial charge in [-0.1, -0.05) is 19.8 Å². The first-order chi connectivity index (χ1) is 8.61. The molecule has 1 aliphatic carbocycles. The standard InChI is InChI=1S/C15H30N2O/c1-11-5-4-6-14(7-11)15(8-16)17-9-13(3)18-10-12(17)2/h11-15H,4-10,16H2,1-3H3. The average Bonchev–Trinajstić information content (AvgIpc) is 2.35. The van der Waals surface area contributed by atoms with Gasteiger partial charge in [0.25, 0.3) is 0 Å². The Bertz CT molecular complexity index is 259. The molecular weight excluding hydrogens is 224 g/mol. The van der Waals surface area contributed by atoms with Gasteiger partial charge in [0.05, 0.1) is 12.7 Å². The second-order valence-electron chi connectivity index (χ2n) is 6.52. The van der Waals surface area contributed by atoms with Crippen molar-refractivity contribution in [3.05, 3.63) is 0 Å². The summed E-state index contributed by atoms with van der Waals surface area (Å²) in [6.07, 6.45) is 5.88. The number of hydrogen-bond acceptors (Lipinski definition) is 3. The van der Waals surface area contributed by atoms with Gasteiger partial charge in [-0.25, -0.2) is 0 Å². The summed E-state index contributed by atoms with van der Waals surface area (Å²) in [4.78, 5) is 2.62. The van der Waals surface area contributed by atoms with Gasteiger partial charge >= 0.3 is 0 Å². The number of ether oxygens (including phenoxy) is 1.